The van der Waals surface area contributed by atoms with Gasteiger partial charge in [0.1, 0.15) is 0 Å². The molecule has 0 aromatic carbocycles. The lowest BCUT2D eigenvalue weighted by molar-refractivity contribution is -0.140. The summed E-state index contributed by atoms with van der Waals surface area (Å²) in [6.45, 7) is 0.499. The second-order valence-electron chi connectivity index (χ2n) is 3.96. The molecule has 8 heteroatoms. The van der Waals surface area contributed by atoms with Crippen LogP contribution in [0.15, 0.2) is 0 Å². The van der Waals surface area contributed by atoms with Crippen LogP contribution in [-0.2, 0) is 19.7 Å². The second kappa shape index (κ2) is 5.76. The van der Waals surface area contributed by atoms with Crippen molar-refractivity contribution in [3.05, 3.63) is 0 Å². The first-order valence-corrected chi connectivity index (χ1v) is 6.74. The van der Waals surface area contributed by atoms with E-state index in [2.05, 4.69) is 4.74 Å². The van der Waals surface area contributed by atoms with E-state index in [1.54, 1.807) is 0 Å². The van der Waals surface area contributed by atoms with Gasteiger partial charge in [-0.1, -0.05) is 0 Å². The molecule has 100 valence electrons. The predicted molar refractivity (Wildman–Crippen MR) is 60.4 cm³/mol. The molecule has 0 aromatic heterocycles. The minimum Gasteiger partial charge on any atom is -0.469 e. The molecule has 1 aliphatic heterocycles. The first-order chi connectivity index (χ1) is 7.87. The van der Waals surface area contributed by atoms with E-state index >= 15 is 0 Å². The number of aliphatic hydroxyl groups excluding tert-OH is 1. The maximum atomic E-state index is 12.0. The number of rotatable bonds is 5. The molecule has 0 bridgehead atoms. The highest BCUT2D eigenvalue weighted by Crippen LogP contribution is 2.16. The van der Waals surface area contributed by atoms with Crippen molar-refractivity contribution in [2.45, 2.75) is 18.9 Å². The average molecular weight is 266 g/mol. The maximum absolute atomic E-state index is 12.0. The molecule has 1 N–H and O–H groups in total. The van der Waals surface area contributed by atoms with Crippen molar-refractivity contribution >= 4 is 16.2 Å². The van der Waals surface area contributed by atoms with Gasteiger partial charge in [-0.2, -0.15) is 17.0 Å². The summed E-state index contributed by atoms with van der Waals surface area (Å²) < 4.78 is 30.7. The van der Waals surface area contributed by atoms with E-state index in [1.165, 1.54) is 18.5 Å². The number of β-amino-alcohol motifs (C(OH)–C–C–N with tert-alkyl or cyclic N) is 1. The van der Waals surface area contributed by atoms with Crippen LogP contribution in [-0.4, -0.2) is 68.0 Å². The van der Waals surface area contributed by atoms with Crippen LogP contribution < -0.4 is 0 Å². The Bertz CT molecular complexity index is 370. The number of esters is 1. The average Bonchev–Trinajstić information content (AvgIpc) is 2.72. The van der Waals surface area contributed by atoms with Gasteiger partial charge in [0, 0.05) is 26.7 Å². The molecule has 0 saturated carbocycles. The molecule has 0 radical (unpaired) electrons. The Kier molecular flexibility index (Phi) is 4.87. The van der Waals surface area contributed by atoms with E-state index in [9.17, 15) is 18.3 Å². The van der Waals surface area contributed by atoms with Crippen LogP contribution in [0.1, 0.15) is 12.8 Å². The Balaban J connectivity index is 2.55. The van der Waals surface area contributed by atoms with Gasteiger partial charge in [-0.25, -0.2) is 0 Å². The third kappa shape index (κ3) is 3.63. The third-order valence-electron chi connectivity index (χ3n) is 2.70. The summed E-state index contributed by atoms with van der Waals surface area (Å²) in [6.07, 6.45) is -0.133. The predicted octanol–water partition coefficient (Wildman–Crippen LogP) is -1.21. The summed E-state index contributed by atoms with van der Waals surface area (Å²) in [7, 11) is -0.913. The fraction of sp³-hybridized carbons (Fsp3) is 0.889. The van der Waals surface area contributed by atoms with Gasteiger partial charge in [0.15, 0.2) is 0 Å². The van der Waals surface area contributed by atoms with Gasteiger partial charge in [-0.15, -0.1) is 0 Å². The van der Waals surface area contributed by atoms with Gasteiger partial charge in [-0.05, 0) is 6.42 Å². The molecule has 0 spiro atoms. The standard InChI is InChI=1S/C9H18N2O5S/c1-10(5-4-9(13)16-2)17(14,15)11-6-3-8(12)7-11/h8,12H,3-7H2,1-2H3. The van der Waals surface area contributed by atoms with Crippen molar-refractivity contribution in [3.8, 4) is 0 Å². The molecule has 1 aliphatic rings. The summed E-state index contributed by atoms with van der Waals surface area (Å²) in [5.41, 5.74) is 0. The fourth-order valence-corrected chi connectivity index (χ4v) is 3.00. The van der Waals surface area contributed by atoms with Crippen LogP contribution in [0, 0.1) is 0 Å². The first kappa shape index (κ1) is 14.4. The van der Waals surface area contributed by atoms with E-state index in [4.69, 9.17) is 0 Å². The molecular formula is C9H18N2O5S. The molecule has 0 amide bonds. The highest BCUT2D eigenvalue weighted by atomic mass is 32.2. The zero-order valence-electron chi connectivity index (χ0n) is 10.00. The Hall–Kier alpha value is -0.700. The lowest BCUT2D eigenvalue weighted by Crippen LogP contribution is -2.41. The van der Waals surface area contributed by atoms with Crippen LogP contribution in [0.3, 0.4) is 0 Å². The van der Waals surface area contributed by atoms with Crippen LogP contribution in [0.25, 0.3) is 0 Å². The van der Waals surface area contributed by atoms with Crippen molar-refractivity contribution in [1.29, 1.82) is 0 Å². The van der Waals surface area contributed by atoms with E-state index < -0.39 is 22.3 Å². The number of aliphatic hydroxyl groups is 1. The Labute approximate surface area is 101 Å². The van der Waals surface area contributed by atoms with Crippen molar-refractivity contribution < 1.29 is 23.1 Å². The zero-order valence-corrected chi connectivity index (χ0v) is 10.8. The maximum Gasteiger partial charge on any atom is 0.306 e. The molecule has 1 saturated heterocycles. The van der Waals surface area contributed by atoms with Crippen LogP contribution >= 0.6 is 0 Å². The molecule has 1 unspecified atom stereocenters. The molecule has 17 heavy (non-hydrogen) atoms. The monoisotopic (exact) mass is 266 g/mol. The van der Waals surface area contributed by atoms with Gasteiger partial charge in [0.25, 0.3) is 10.2 Å². The normalized spacial score (nSPS) is 22.0. The summed E-state index contributed by atoms with van der Waals surface area (Å²) in [6, 6.07) is 0. The molecule has 1 rings (SSSR count). The Morgan fingerprint density at radius 1 is 1.59 bits per heavy atom. The summed E-state index contributed by atoms with van der Waals surface area (Å²) in [5, 5.41) is 9.30. The van der Waals surface area contributed by atoms with E-state index in [0.717, 1.165) is 4.31 Å². The van der Waals surface area contributed by atoms with Crippen molar-refractivity contribution in [2.24, 2.45) is 0 Å². The minimum atomic E-state index is -3.58. The molecule has 1 fully saturated rings. The van der Waals surface area contributed by atoms with Gasteiger partial charge in [-0.3, -0.25) is 4.79 Å². The molecule has 0 aromatic rings. The van der Waals surface area contributed by atoms with Crippen LogP contribution in [0.5, 0.6) is 0 Å². The smallest absolute Gasteiger partial charge is 0.306 e. The second-order valence-corrected chi connectivity index (χ2v) is 5.99. The van der Waals surface area contributed by atoms with E-state index in [1.807, 2.05) is 0 Å². The SMILES string of the molecule is COC(=O)CCN(C)S(=O)(=O)N1CCC(O)C1. The van der Waals surface area contributed by atoms with Crippen molar-refractivity contribution in [1.82, 2.24) is 8.61 Å². The summed E-state index contributed by atoms with van der Waals surface area (Å²) in [5.74, 6) is -0.450. The van der Waals surface area contributed by atoms with Crippen LogP contribution in [0.4, 0.5) is 0 Å². The highest BCUT2D eigenvalue weighted by Gasteiger charge is 2.33. The quantitative estimate of drug-likeness (QED) is 0.631. The van der Waals surface area contributed by atoms with Crippen molar-refractivity contribution in [3.63, 3.8) is 0 Å². The fourth-order valence-electron chi connectivity index (χ4n) is 1.58. The van der Waals surface area contributed by atoms with E-state index in [-0.39, 0.29) is 19.5 Å². The van der Waals surface area contributed by atoms with E-state index in [0.29, 0.717) is 13.0 Å². The molecule has 0 aliphatic carbocycles. The number of carbonyl (C=O) groups excluding carboxylic acids is 1. The molecule has 1 heterocycles. The highest BCUT2D eigenvalue weighted by molar-refractivity contribution is 7.86. The Morgan fingerprint density at radius 3 is 2.71 bits per heavy atom. The number of hydrogen-bond donors (Lipinski definition) is 1. The zero-order chi connectivity index (χ0) is 13.1. The number of nitrogens with zero attached hydrogens (tertiary/aromatic N) is 2. The number of hydrogen-bond acceptors (Lipinski definition) is 5. The number of methoxy groups -OCH3 is 1. The third-order valence-corrected chi connectivity index (χ3v) is 4.66. The Morgan fingerprint density at radius 2 is 2.24 bits per heavy atom. The lowest BCUT2D eigenvalue weighted by atomic mass is 10.3. The minimum absolute atomic E-state index is 0.0165. The number of carbonyl (C=O) groups is 1. The topological polar surface area (TPSA) is 87.2 Å². The van der Waals surface area contributed by atoms with Crippen LogP contribution in [0.2, 0.25) is 0 Å². The lowest BCUT2D eigenvalue weighted by Gasteiger charge is -2.23. The summed E-state index contributed by atoms with van der Waals surface area (Å²) in [4.78, 5) is 10.9. The van der Waals surface area contributed by atoms with Gasteiger partial charge >= 0.3 is 5.97 Å². The molecule has 1 atom stereocenters. The number of ether oxygens (including phenoxy) is 1. The molecule has 7 nitrogen and oxygen atoms in total. The van der Waals surface area contributed by atoms with Gasteiger partial charge in [0.05, 0.1) is 19.6 Å². The van der Waals surface area contributed by atoms with Gasteiger partial charge in [0.2, 0.25) is 0 Å². The summed E-state index contributed by atoms with van der Waals surface area (Å²) >= 11 is 0. The first-order valence-electron chi connectivity index (χ1n) is 5.34. The van der Waals surface area contributed by atoms with Crippen molar-refractivity contribution in [2.75, 3.05) is 33.8 Å². The largest absolute Gasteiger partial charge is 0.469 e. The molecular weight excluding hydrogens is 248 g/mol. The van der Waals surface area contributed by atoms with Gasteiger partial charge < -0.3 is 9.84 Å².